The Kier molecular flexibility index (Phi) is 5.61. The fraction of sp³-hybridized carbons (Fsp3) is 0.200. The van der Waals surface area contributed by atoms with Crippen LogP contribution < -0.4 is 4.74 Å². The Bertz CT molecular complexity index is 903. The van der Waals surface area contributed by atoms with Gasteiger partial charge in [0.25, 0.3) is 0 Å². The molecule has 0 fully saturated rings. The summed E-state index contributed by atoms with van der Waals surface area (Å²) in [5.74, 6) is 0.367. The second kappa shape index (κ2) is 8.27. The van der Waals surface area contributed by atoms with Gasteiger partial charge >= 0.3 is 5.97 Å². The monoisotopic (exact) mass is 365 g/mol. The lowest BCUT2D eigenvalue weighted by Gasteiger charge is -2.13. The average molecular weight is 365 g/mol. The number of carbonyl (C=O) groups is 2. The van der Waals surface area contributed by atoms with Crippen molar-refractivity contribution in [2.75, 3.05) is 6.61 Å². The molecule has 0 N–H and O–H groups in total. The van der Waals surface area contributed by atoms with Gasteiger partial charge in [-0.2, -0.15) is 5.10 Å². The topological polar surface area (TPSA) is 83.3 Å². The molecule has 0 spiro atoms. The molecule has 0 aliphatic heterocycles. The van der Waals surface area contributed by atoms with Gasteiger partial charge in [0.2, 0.25) is 5.78 Å². The number of Topliss-reactive ketones (excluding diaryl/α,β-unsaturated/α-hetero) is 1. The fourth-order valence-corrected chi connectivity index (χ4v) is 2.45. The van der Waals surface area contributed by atoms with E-state index in [1.807, 2.05) is 6.92 Å². The van der Waals surface area contributed by atoms with Gasteiger partial charge in [0.05, 0.1) is 12.2 Å². The van der Waals surface area contributed by atoms with Crippen molar-refractivity contribution >= 4 is 11.8 Å². The van der Waals surface area contributed by atoms with E-state index in [1.54, 1.807) is 66.5 Å². The van der Waals surface area contributed by atoms with Crippen molar-refractivity contribution in [3.63, 3.8) is 0 Å². The normalized spacial score (nSPS) is 11.6. The first-order valence-electron chi connectivity index (χ1n) is 8.52. The van der Waals surface area contributed by atoms with Crippen LogP contribution in [0.15, 0.2) is 61.1 Å². The molecule has 0 amide bonds. The first-order valence-corrected chi connectivity index (χ1v) is 8.52. The summed E-state index contributed by atoms with van der Waals surface area (Å²) < 4.78 is 12.2. The van der Waals surface area contributed by atoms with Gasteiger partial charge in [-0.1, -0.05) is 0 Å². The number of esters is 1. The molecule has 0 aliphatic rings. The largest absolute Gasteiger partial charge is 0.494 e. The second-order valence-corrected chi connectivity index (χ2v) is 5.72. The summed E-state index contributed by atoms with van der Waals surface area (Å²) in [7, 11) is 0. The average Bonchev–Trinajstić information content (AvgIpc) is 3.23. The standard InChI is InChI=1S/C20H19N3O4/c1-3-26-17-8-5-15(6-9-17)19(24)14(2)27-20(25)16-7-10-18(21-13-16)23-12-4-11-22-23/h4-14H,3H2,1-2H3/t14-/m0/s1. The van der Waals surface area contributed by atoms with Crippen LogP contribution in [0.5, 0.6) is 5.75 Å². The van der Waals surface area contributed by atoms with Crippen LogP contribution in [0.25, 0.3) is 5.82 Å². The Balaban J connectivity index is 1.63. The number of hydrogen-bond donors (Lipinski definition) is 0. The number of carbonyl (C=O) groups excluding carboxylic acids is 2. The maximum absolute atomic E-state index is 12.4. The number of nitrogens with zero attached hydrogens (tertiary/aromatic N) is 3. The molecule has 7 nitrogen and oxygen atoms in total. The third kappa shape index (κ3) is 4.38. The van der Waals surface area contributed by atoms with E-state index in [-0.39, 0.29) is 11.3 Å². The molecule has 0 unspecified atom stereocenters. The molecule has 0 radical (unpaired) electrons. The molecular formula is C20H19N3O4. The highest BCUT2D eigenvalue weighted by Crippen LogP contribution is 2.15. The summed E-state index contributed by atoms with van der Waals surface area (Å²) in [5, 5.41) is 4.07. The highest BCUT2D eigenvalue weighted by molar-refractivity contribution is 6.01. The quantitative estimate of drug-likeness (QED) is 0.473. The lowest BCUT2D eigenvalue weighted by atomic mass is 10.1. The van der Waals surface area contributed by atoms with Crippen molar-refractivity contribution < 1.29 is 19.1 Å². The predicted octanol–water partition coefficient (Wildman–Crippen LogP) is 3.09. The van der Waals surface area contributed by atoms with Crippen molar-refractivity contribution in [1.82, 2.24) is 14.8 Å². The smallest absolute Gasteiger partial charge is 0.340 e. The minimum Gasteiger partial charge on any atom is -0.494 e. The van der Waals surface area contributed by atoms with Gasteiger partial charge in [-0.05, 0) is 56.3 Å². The van der Waals surface area contributed by atoms with E-state index in [9.17, 15) is 9.59 Å². The van der Waals surface area contributed by atoms with Gasteiger partial charge in [-0.25, -0.2) is 14.5 Å². The zero-order chi connectivity index (χ0) is 19.2. The van der Waals surface area contributed by atoms with Crippen LogP contribution >= 0.6 is 0 Å². The number of ether oxygens (including phenoxy) is 2. The van der Waals surface area contributed by atoms with E-state index in [0.717, 1.165) is 0 Å². The minimum absolute atomic E-state index is 0.261. The molecule has 0 saturated heterocycles. The van der Waals surface area contributed by atoms with Gasteiger partial charge < -0.3 is 9.47 Å². The summed E-state index contributed by atoms with van der Waals surface area (Å²) in [4.78, 5) is 28.9. The van der Waals surface area contributed by atoms with Gasteiger partial charge in [-0.15, -0.1) is 0 Å². The van der Waals surface area contributed by atoms with Crippen LogP contribution in [0.4, 0.5) is 0 Å². The summed E-state index contributed by atoms with van der Waals surface area (Å²) >= 11 is 0. The molecule has 0 aliphatic carbocycles. The minimum atomic E-state index is -0.916. The Morgan fingerprint density at radius 2 is 1.85 bits per heavy atom. The molecule has 2 heterocycles. The van der Waals surface area contributed by atoms with Gasteiger partial charge in [0, 0.05) is 24.2 Å². The third-order valence-electron chi connectivity index (χ3n) is 3.83. The van der Waals surface area contributed by atoms with Crippen LogP contribution in [0.1, 0.15) is 34.6 Å². The molecule has 3 aromatic rings. The molecular weight excluding hydrogens is 346 g/mol. The molecule has 0 bridgehead atoms. The van der Waals surface area contributed by atoms with E-state index in [4.69, 9.17) is 9.47 Å². The van der Waals surface area contributed by atoms with Crippen molar-refractivity contribution in [1.29, 1.82) is 0 Å². The Morgan fingerprint density at radius 1 is 1.11 bits per heavy atom. The first-order chi connectivity index (χ1) is 13.1. The summed E-state index contributed by atoms with van der Waals surface area (Å²) in [6.45, 7) is 3.98. The number of pyridine rings is 1. The van der Waals surface area contributed by atoms with Crippen molar-refractivity contribution in [3.05, 3.63) is 72.2 Å². The van der Waals surface area contributed by atoms with Crippen LogP contribution in [-0.2, 0) is 4.74 Å². The van der Waals surface area contributed by atoms with Crippen molar-refractivity contribution in [2.45, 2.75) is 20.0 Å². The van der Waals surface area contributed by atoms with Crippen LogP contribution in [-0.4, -0.2) is 39.2 Å². The van der Waals surface area contributed by atoms with Crippen molar-refractivity contribution in [2.24, 2.45) is 0 Å². The van der Waals surface area contributed by atoms with Crippen LogP contribution in [0.3, 0.4) is 0 Å². The number of hydrogen-bond acceptors (Lipinski definition) is 6. The molecule has 1 atom stereocenters. The summed E-state index contributed by atoms with van der Waals surface area (Å²) in [5.41, 5.74) is 0.711. The summed E-state index contributed by atoms with van der Waals surface area (Å²) in [6, 6.07) is 11.7. The number of rotatable bonds is 7. The molecule has 0 saturated carbocycles. The molecule has 2 aromatic heterocycles. The highest BCUT2D eigenvalue weighted by Gasteiger charge is 2.20. The lowest BCUT2D eigenvalue weighted by molar-refractivity contribution is 0.0318. The second-order valence-electron chi connectivity index (χ2n) is 5.72. The molecule has 27 heavy (non-hydrogen) atoms. The van der Waals surface area contributed by atoms with E-state index < -0.39 is 12.1 Å². The highest BCUT2D eigenvalue weighted by atomic mass is 16.5. The Hall–Kier alpha value is -3.48. The molecule has 138 valence electrons. The van der Waals surface area contributed by atoms with Gasteiger partial charge in [0.15, 0.2) is 11.9 Å². The van der Waals surface area contributed by atoms with E-state index in [0.29, 0.717) is 23.7 Å². The molecule has 3 rings (SSSR count). The third-order valence-corrected chi connectivity index (χ3v) is 3.83. The van der Waals surface area contributed by atoms with Crippen LogP contribution in [0, 0.1) is 0 Å². The molecule has 1 aromatic carbocycles. The summed E-state index contributed by atoms with van der Waals surface area (Å²) in [6.07, 6.45) is 3.87. The lowest BCUT2D eigenvalue weighted by Crippen LogP contribution is -2.24. The zero-order valence-electron chi connectivity index (χ0n) is 15.0. The maximum Gasteiger partial charge on any atom is 0.340 e. The first kappa shape index (κ1) is 18.3. The Labute approximate surface area is 156 Å². The fourth-order valence-electron chi connectivity index (χ4n) is 2.45. The maximum atomic E-state index is 12.4. The Morgan fingerprint density at radius 3 is 2.44 bits per heavy atom. The van der Waals surface area contributed by atoms with E-state index in [2.05, 4.69) is 10.1 Å². The predicted molar refractivity (Wildman–Crippen MR) is 98.2 cm³/mol. The van der Waals surface area contributed by atoms with E-state index in [1.165, 1.54) is 6.20 Å². The van der Waals surface area contributed by atoms with Crippen molar-refractivity contribution in [3.8, 4) is 11.6 Å². The van der Waals surface area contributed by atoms with E-state index >= 15 is 0 Å². The molecule has 7 heteroatoms. The zero-order valence-corrected chi connectivity index (χ0v) is 15.0. The number of aromatic nitrogens is 3. The number of ketones is 1. The SMILES string of the molecule is CCOc1ccc(C(=O)[C@H](C)OC(=O)c2ccc(-n3cccn3)nc2)cc1. The van der Waals surface area contributed by atoms with Gasteiger partial charge in [0.1, 0.15) is 5.75 Å². The van der Waals surface area contributed by atoms with Gasteiger partial charge in [-0.3, -0.25) is 4.79 Å². The number of benzene rings is 1. The van der Waals surface area contributed by atoms with Crippen LogP contribution in [0.2, 0.25) is 0 Å².